The highest BCUT2D eigenvalue weighted by Crippen LogP contribution is 2.21. The number of aromatic amines is 1. The average molecular weight is 384 g/mol. The Hall–Kier alpha value is -2.71. The molecule has 27 heavy (non-hydrogen) atoms. The summed E-state index contributed by atoms with van der Waals surface area (Å²) < 4.78 is 26.6. The Balaban J connectivity index is 1.44. The van der Waals surface area contributed by atoms with Gasteiger partial charge in [-0.25, -0.2) is 8.42 Å². The van der Waals surface area contributed by atoms with Crippen molar-refractivity contribution in [3.63, 3.8) is 0 Å². The van der Waals surface area contributed by atoms with E-state index in [-0.39, 0.29) is 10.8 Å². The van der Waals surface area contributed by atoms with E-state index >= 15 is 0 Å². The molecule has 1 fully saturated rings. The third-order valence-electron chi connectivity index (χ3n) is 4.76. The average Bonchev–Trinajstić information content (AvgIpc) is 3.36. The van der Waals surface area contributed by atoms with Gasteiger partial charge in [0.1, 0.15) is 0 Å². The first-order valence-corrected chi connectivity index (χ1v) is 10.3. The van der Waals surface area contributed by atoms with E-state index in [1.54, 1.807) is 24.3 Å². The summed E-state index contributed by atoms with van der Waals surface area (Å²) >= 11 is 0. The molecule has 2 aromatic carbocycles. The minimum atomic E-state index is -3.41. The highest BCUT2D eigenvalue weighted by Gasteiger charge is 2.26. The number of rotatable bonds is 5. The summed E-state index contributed by atoms with van der Waals surface area (Å²) in [5.41, 5.74) is 1.97. The SMILES string of the molecule is O=C(NCc1ccc(S(=O)(=O)N2CCCC2)cc1)c1n[nH]c2ccccc12. The predicted molar refractivity (Wildman–Crippen MR) is 102 cm³/mol. The summed E-state index contributed by atoms with van der Waals surface area (Å²) in [5, 5.41) is 10.5. The molecule has 3 aromatic rings. The number of nitrogens with zero attached hydrogens (tertiary/aromatic N) is 2. The zero-order valence-electron chi connectivity index (χ0n) is 14.7. The van der Waals surface area contributed by atoms with Gasteiger partial charge in [-0.3, -0.25) is 9.89 Å². The number of fused-ring (bicyclic) bond motifs is 1. The minimum Gasteiger partial charge on any atom is -0.347 e. The molecule has 1 saturated heterocycles. The number of benzene rings is 2. The summed E-state index contributed by atoms with van der Waals surface area (Å²) in [6.07, 6.45) is 1.82. The van der Waals surface area contributed by atoms with E-state index in [0.29, 0.717) is 25.3 Å². The fourth-order valence-electron chi connectivity index (χ4n) is 3.26. The van der Waals surface area contributed by atoms with E-state index in [1.165, 1.54) is 4.31 Å². The number of para-hydroxylation sites is 1. The van der Waals surface area contributed by atoms with Crippen molar-refractivity contribution in [2.45, 2.75) is 24.3 Å². The van der Waals surface area contributed by atoms with E-state index in [2.05, 4.69) is 15.5 Å². The predicted octanol–water partition coefficient (Wildman–Crippen LogP) is 2.28. The first-order valence-electron chi connectivity index (χ1n) is 8.86. The second kappa shape index (κ2) is 7.13. The molecule has 2 N–H and O–H groups in total. The third-order valence-corrected chi connectivity index (χ3v) is 6.68. The van der Waals surface area contributed by atoms with Crippen molar-refractivity contribution in [2.75, 3.05) is 13.1 Å². The summed E-state index contributed by atoms with van der Waals surface area (Å²) in [7, 11) is -3.41. The van der Waals surface area contributed by atoms with Crippen LogP contribution in [0.15, 0.2) is 53.4 Å². The van der Waals surface area contributed by atoms with Crippen molar-refractivity contribution in [2.24, 2.45) is 0 Å². The molecule has 1 aromatic heterocycles. The van der Waals surface area contributed by atoms with Crippen LogP contribution in [0.3, 0.4) is 0 Å². The maximum absolute atomic E-state index is 12.5. The van der Waals surface area contributed by atoms with Crippen LogP contribution in [0.25, 0.3) is 10.9 Å². The van der Waals surface area contributed by atoms with Gasteiger partial charge >= 0.3 is 0 Å². The Morgan fingerprint density at radius 1 is 1.07 bits per heavy atom. The molecule has 1 amide bonds. The maximum atomic E-state index is 12.5. The lowest BCUT2D eigenvalue weighted by Crippen LogP contribution is -2.28. The van der Waals surface area contributed by atoms with Crippen molar-refractivity contribution in [1.82, 2.24) is 19.8 Å². The quantitative estimate of drug-likeness (QED) is 0.705. The van der Waals surface area contributed by atoms with E-state index in [4.69, 9.17) is 0 Å². The Labute approximate surface area is 157 Å². The van der Waals surface area contributed by atoms with Crippen molar-refractivity contribution in [3.05, 3.63) is 59.8 Å². The normalized spacial score (nSPS) is 15.3. The van der Waals surface area contributed by atoms with E-state index in [1.807, 2.05) is 24.3 Å². The molecule has 1 aliphatic rings. The zero-order valence-corrected chi connectivity index (χ0v) is 15.5. The van der Waals surface area contributed by atoms with E-state index in [0.717, 1.165) is 29.3 Å². The minimum absolute atomic E-state index is 0.277. The van der Waals surface area contributed by atoms with Crippen LogP contribution in [0.5, 0.6) is 0 Å². The van der Waals surface area contributed by atoms with Gasteiger partial charge in [0.05, 0.1) is 10.4 Å². The number of carbonyl (C=O) groups is 1. The van der Waals surface area contributed by atoms with Gasteiger partial charge in [0, 0.05) is 25.0 Å². The van der Waals surface area contributed by atoms with Gasteiger partial charge in [0.2, 0.25) is 10.0 Å². The summed E-state index contributed by atoms with van der Waals surface area (Å²) in [5.74, 6) is -0.277. The van der Waals surface area contributed by atoms with Crippen LogP contribution in [0, 0.1) is 0 Å². The van der Waals surface area contributed by atoms with Gasteiger partial charge in [-0.15, -0.1) is 0 Å². The van der Waals surface area contributed by atoms with Crippen LogP contribution in [0.1, 0.15) is 28.9 Å². The topological polar surface area (TPSA) is 95.2 Å². The molecule has 0 bridgehead atoms. The summed E-state index contributed by atoms with van der Waals surface area (Å²) in [6, 6.07) is 14.1. The zero-order chi connectivity index (χ0) is 18.9. The van der Waals surface area contributed by atoms with E-state index in [9.17, 15) is 13.2 Å². The molecule has 7 nitrogen and oxygen atoms in total. The second-order valence-electron chi connectivity index (χ2n) is 6.56. The van der Waals surface area contributed by atoms with Gasteiger partial charge in [-0.1, -0.05) is 30.3 Å². The highest BCUT2D eigenvalue weighted by atomic mass is 32.2. The fourth-order valence-corrected chi connectivity index (χ4v) is 4.78. The van der Waals surface area contributed by atoms with Crippen molar-refractivity contribution < 1.29 is 13.2 Å². The van der Waals surface area contributed by atoms with Crippen molar-refractivity contribution in [3.8, 4) is 0 Å². The Kier molecular flexibility index (Phi) is 4.67. The first-order chi connectivity index (χ1) is 13.1. The number of hydrogen-bond donors (Lipinski definition) is 2. The standard InChI is InChI=1S/C19H20N4O3S/c24-19(18-16-5-1-2-6-17(16)21-22-18)20-13-14-7-9-15(10-8-14)27(25,26)23-11-3-4-12-23/h1-2,5-10H,3-4,11-13H2,(H,20,24)(H,21,22). The van der Waals surface area contributed by atoms with E-state index < -0.39 is 10.0 Å². The lowest BCUT2D eigenvalue weighted by molar-refractivity contribution is 0.0947. The lowest BCUT2D eigenvalue weighted by atomic mass is 10.2. The van der Waals surface area contributed by atoms with Gasteiger partial charge in [0.25, 0.3) is 5.91 Å². The Bertz CT molecular complexity index is 1070. The van der Waals surface area contributed by atoms with Gasteiger partial charge in [0.15, 0.2) is 5.69 Å². The van der Waals surface area contributed by atoms with Crippen LogP contribution in [-0.2, 0) is 16.6 Å². The molecule has 2 heterocycles. The van der Waals surface area contributed by atoms with Gasteiger partial charge in [-0.05, 0) is 36.6 Å². The molecule has 1 aliphatic heterocycles. The molecular formula is C19H20N4O3S. The molecular weight excluding hydrogens is 364 g/mol. The van der Waals surface area contributed by atoms with Crippen molar-refractivity contribution in [1.29, 1.82) is 0 Å². The third kappa shape index (κ3) is 3.45. The molecule has 0 radical (unpaired) electrons. The molecule has 140 valence electrons. The number of aromatic nitrogens is 2. The molecule has 0 spiro atoms. The number of nitrogens with one attached hydrogen (secondary N) is 2. The second-order valence-corrected chi connectivity index (χ2v) is 8.49. The fraction of sp³-hybridized carbons (Fsp3) is 0.263. The van der Waals surface area contributed by atoms with Crippen LogP contribution in [-0.4, -0.2) is 41.9 Å². The van der Waals surface area contributed by atoms with Crippen LogP contribution >= 0.6 is 0 Å². The Morgan fingerprint density at radius 2 is 1.78 bits per heavy atom. The monoisotopic (exact) mass is 384 g/mol. The molecule has 8 heteroatoms. The van der Waals surface area contributed by atoms with Crippen LogP contribution < -0.4 is 5.32 Å². The van der Waals surface area contributed by atoms with Gasteiger partial charge < -0.3 is 5.32 Å². The number of carbonyl (C=O) groups excluding carboxylic acids is 1. The molecule has 4 rings (SSSR count). The molecule has 0 unspecified atom stereocenters. The van der Waals surface area contributed by atoms with Crippen LogP contribution in [0.2, 0.25) is 0 Å². The van der Waals surface area contributed by atoms with Gasteiger partial charge in [-0.2, -0.15) is 9.40 Å². The largest absolute Gasteiger partial charge is 0.347 e. The molecule has 0 atom stereocenters. The summed E-state index contributed by atoms with van der Waals surface area (Å²) in [4.78, 5) is 12.7. The maximum Gasteiger partial charge on any atom is 0.272 e. The molecule has 0 saturated carbocycles. The number of hydrogen-bond acceptors (Lipinski definition) is 4. The Morgan fingerprint density at radius 3 is 2.52 bits per heavy atom. The molecule has 0 aliphatic carbocycles. The summed E-state index contributed by atoms with van der Waals surface area (Å²) in [6.45, 7) is 1.46. The number of amides is 1. The smallest absolute Gasteiger partial charge is 0.272 e. The first kappa shape index (κ1) is 17.7. The highest BCUT2D eigenvalue weighted by molar-refractivity contribution is 7.89. The number of H-pyrrole nitrogens is 1. The number of sulfonamides is 1. The lowest BCUT2D eigenvalue weighted by Gasteiger charge is -2.15. The van der Waals surface area contributed by atoms with Crippen LogP contribution in [0.4, 0.5) is 0 Å². The van der Waals surface area contributed by atoms with Crippen molar-refractivity contribution >= 4 is 26.8 Å².